The van der Waals surface area contributed by atoms with Crippen molar-refractivity contribution >= 4 is 17.1 Å². The minimum atomic E-state index is -4.34. The van der Waals surface area contributed by atoms with Gasteiger partial charge >= 0.3 is 12.2 Å². The molecule has 0 unspecified atom stereocenters. The van der Waals surface area contributed by atoms with Crippen LogP contribution in [0.3, 0.4) is 0 Å². The number of piperazine rings is 1. The molecule has 0 saturated carbocycles. The zero-order valence-electron chi connectivity index (χ0n) is 24.0. The Morgan fingerprint density at radius 3 is 2.26 bits per heavy atom. The zero-order chi connectivity index (χ0) is 30.0. The second kappa shape index (κ2) is 12.3. The lowest BCUT2D eigenvalue weighted by Gasteiger charge is -2.34. The van der Waals surface area contributed by atoms with Gasteiger partial charge in [-0.25, -0.2) is 14.8 Å². The van der Waals surface area contributed by atoms with Crippen molar-refractivity contribution in [2.24, 2.45) is 0 Å². The summed E-state index contributed by atoms with van der Waals surface area (Å²) in [7, 11) is 1.58. The number of piperidine rings is 1. The highest BCUT2D eigenvalue weighted by molar-refractivity contribution is 5.89. The molecule has 12 heteroatoms. The molecule has 2 aliphatic rings. The second-order valence-electron chi connectivity index (χ2n) is 11.2. The SMILES string of the molecule is COc1cnc(CN2CCC(c3ccc4c(c3)ncn4C(=O)N3CCN(Cc4ccc(C(F)(F)F)cc4)CC3)CC2)cn1. The van der Waals surface area contributed by atoms with Crippen molar-refractivity contribution < 1.29 is 22.7 Å². The molecule has 43 heavy (non-hydrogen) atoms. The van der Waals surface area contributed by atoms with Crippen LogP contribution in [0.1, 0.15) is 41.1 Å². The van der Waals surface area contributed by atoms with Crippen LogP contribution in [-0.2, 0) is 19.3 Å². The number of aromatic nitrogens is 4. The van der Waals surface area contributed by atoms with E-state index in [-0.39, 0.29) is 6.03 Å². The highest BCUT2D eigenvalue weighted by Crippen LogP contribution is 2.31. The largest absolute Gasteiger partial charge is 0.480 e. The average Bonchev–Trinajstić information content (AvgIpc) is 3.45. The van der Waals surface area contributed by atoms with E-state index in [2.05, 4.69) is 36.9 Å². The molecule has 2 saturated heterocycles. The van der Waals surface area contributed by atoms with E-state index in [0.29, 0.717) is 44.5 Å². The second-order valence-corrected chi connectivity index (χ2v) is 11.2. The third-order valence-electron chi connectivity index (χ3n) is 8.44. The van der Waals surface area contributed by atoms with Crippen LogP contribution < -0.4 is 4.74 Å². The number of amides is 1. The van der Waals surface area contributed by atoms with Crippen molar-refractivity contribution in [1.82, 2.24) is 34.2 Å². The molecule has 4 heterocycles. The Morgan fingerprint density at radius 1 is 0.884 bits per heavy atom. The number of carbonyl (C=O) groups is 1. The van der Waals surface area contributed by atoms with Crippen LogP contribution in [0.15, 0.2) is 61.2 Å². The van der Waals surface area contributed by atoms with Crippen molar-refractivity contribution in [2.45, 2.75) is 38.0 Å². The van der Waals surface area contributed by atoms with E-state index in [4.69, 9.17) is 4.74 Å². The van der Waals surface area contributed by atoms with Crippen LogP contribution in [0.25, 0.3) is 11.0 Å². The summed E-state index contributed by atoms with van der Waals surface area (Å²) in [4.78, 5) is 33.0. The number of hydrogen-bond donors (Lipinski definition) is 0. The number of fused-ring (bicyclic) bond motifs is 1. The number of rotatable bonds is 6. The van der Waals surface area contributed by atoms with Gasteiger partial charge in [0.1, 0.15) is 6.33 Å². The number of ether oxygens (including phenoxy) is 1. The molecule has 0 spiro atoms. The molecule has 226 valence electrons. The van der Waals surface area contributed by atoms with Crippen LogP contribution in [0.5, 0.6) is 5.88 Å². The minimum Gasteiger partial charge on any atom is -0.480 e. The first kappa shape index (κ1) is 29.1. The van der Waals surface area contributed by atoms with E-state index >= 15 is 0 Å². The van der Waals surface area contributed by atoms with E-state index in [1.54, 1.807) is 35.3 Å². The number of likely N-dealkylation sites (tertiary alicyclic amines) is 1. The summed E-state index contributed by atoms with van der Waals surface area (Å²) < 4.78 is 45.2. The summed E-state index contributed by atoms with van der Waals surface area (Å²) in [6.45, 7) is 5.61. The lowest BCUT2D eigenvalue weighted by molar-refractivity contribution is -0.137. The number of nitrogens with zero attached hydrogens (tertiary/aromatic N) is 7. The van der Waals surface area contributed by atoms with Gasteiger partial charge in [0.2, 0.25) is 5.88 Å². The van der Waals surface area contributed by atoms with E-state index in [9.17, 15) is 18.0 Å². The summed E-state index contributed by atoms with van der Waals surface area (Å²) in [6, 6.07) is 11.4. The van der Waals surface area contributed by atoms with Gasteiger partial charge in [0, 0.05) is 39.3 Å². The van der Waals surface area contributed by atoms with Gasteiger partial charge in [-0.05, 0) is 67.2 Å². The molecule has 4 aromatic rings. The molecular weight excluding hydrogens is 559 g/mol. The molecule has 6 rings (SSSR count). The van der Waals surface area contributed by atoms with Crippen LogP contribution >= 0.6 is 0 Å². The van der Waals surface area contributed by atoms with Gasteiger partial charge in [-0.2, -0.15) is 13.2 Å². The van der Waals surface area contributed by atoms with E-state index in [0.717, 1.165) is 66.9 Å². The van der Waals surface area contributed by atoms with E-state index in [1.807, 2.05) is 6.07 Å². The van der Waals surface area contributed by atoms with Crippen LogP contribution in [0, 0.1) is 0 Å². The molecule has 2 fully saturated rings. The number of halogens is 3. The van der Waals surface area contributed by atoms with Crippen LogP contribution in [0.4, 0.5) is 18.0 Å². The number of carbonyl (C=O) groups excluding carboxylic acids is 1. The van der Waals surface area contributed by atoms with Gasteiger partial charge in [-0.1, -0.05) is 18.2 Å². The zero-order valence-corrected chi connectivity index (χ0v) is 24.0. The highest BCUT2D eigenvalue weighted by Gasteiger charge is 2.30. The lowest BCUT2D eigenvalue weighted by Crippen LogP contribution is -2.49. The van der Waals surface area contributed by atoms with Crippen molar-refractivity contribution in [3.05, 3.63) is 83.6 Å². The number of hydrogen-bond acceptors (Lipinski definition) is 7. The Kier molecular flexibility index (Phi) is 8.31. The molecule has 2 aliphatic heterocycles. The lowest BCUT2D eigenvalue weighted by atomic mass is 9.89. The predicted molar refractivity (Wildman–Crippen MR) is 155 cm³/mol. The Morgan fingerprint density at radius 2 is 1.60 bits per heavy atom. The van der Waals surface area contributed by atoms with Crippen molar-refractivity contribution in [2.75, 3.05) is 46.4 Å². The fourth-order valence-electron chi connectivity index (χ4n) is 5.93. The Hall–Kier alpha value is -4.03. The molecule has 2 aromatic heterocycles. The molecule has 1 amide bonds. The van der Waals surface area contributed by atoms with Crippen LogP contribution in [0.2, 0.25) is 0 Å². The third-order valence-corrected chi connectivity index (χ3v) is 8.44. The highest BCUT2D eigenvalue weighted by atomic mass is 19.4. The van der Waals surface area contributed by atoms with Crippen molar-refractivity contribution in [3.63, 3.8) is 0 Å². The fourth-order valence-corrected chi connectivity index (χ4v) is 5.93. The first-order valence-electron chi connectivity index (χ1n) is 14.5. The predicted octanol–water partition coefficient (Wildman–Crippen LogP) is 5.02. The maximum atomic E-state index is 13.4. The quantitative estimate of drug-likeness (QED) is 0.311. The van der Waals surface area contributed by atoms with Gasteiger partial charge < -0.3 is 9.64 Å². The summed E-state index contributed by atoms with van der Waals surface area (Å²) in [6.07, 6.45) is 2.74. The molecule has 9 nitrogen and oxygen atoms in total. The van der Waals surface area contributed by atoms with Gasteiger partial charge in [-0.3, -0.25) is 19.4 Å². The Bertz CT molecular complexity index is 1540. The van der Waals surface area contributed by atoms with E-state index < -0.39 is 11.7 Å². The number of alkyl halides is 3. The number of methoxy groups -OCH3 is 1. The average molecular weight is 594 g/mol. The summed E-state index contributed by atoms with van der Waals surface area (Å²) in [5.74, 6) is 0.945. The molecule has 0 radical (unpaired) electrons. The molecule has 2 aromatic carbocycles. The minimum absolute atomic E-state index is 0.112. The van der Waals surface area contributed by atoms with Crippen molar-refractivity contribution in [1.29, 1.82) is 0 Å². The topological polar surface area (TPSA) is 79.6 Å². The molecule has 0 N–H and O–H groups in total. The maximum absolute atomic E-state index is 13.4. The number of benzene rings is 2. The molecule has 0 bridgehead atoms. The van der Waals surface area contributed by atoms with Gasteiger partial charge in [-0.15, -0.1) is 0 Å². The third kappa shape index (κ3) is 6.65. The normalized spacial score (nSPS) is 17.4. The number of imidazole rings is 1. The monoisotopic (exact) mass is 593 g/mol. The smallest absolute Gasteiger partial charge is 0.416 e. The van der Waals surface area contributed by atoms with Gasteiger partial charge in [0.15, 0.2) is 0 Å². The molecule has 0 aliphatic carbocycles. The first-order chi connectivity index (χ1) is 20.8. The summed E-state index contributed by atoms with van der Waals surface area (Å²) in [5.41, 5.74) is 3.94. The molecule has 0 atom stereocenters. The first-order valence-corrected chi connectivity index (χ1v) is 14.5. The summed E-state index contributed by atoms with van der Waals surface area (Å²) in [5, 5.41) is 0. The standard InChI is InChI=1S/C31H34F3N7O2/c1-43-29-18-35-26(17-36-29)20-38-10-8-23(9-11-38)24-4-7-28-27(16-24)37-21-41(28)30(42)40-14-12-39(13-15-40)19-22-2-5-25(6-3-22)31(32,33)34/h2-7,16-18,21,23H,8-15,19-20H2,1H3. The fraction of sp³-hybridized carbons (Fsp3) is 0.419. The van der Waals surface area contributed by atoms with E-state index in [1.165, 1.54) is 17.7 Å². The van der Waals surface area contributed by atoms with Crippen molar-refractivity contribution in [3.8, 4) is 5.88 Å². The van der Waals surface area contributed by atoms with Gasteiger partial charge in [0.25, 0.3) is 0 Å². The van der Waals surface area contributed by atoms with Crippen LogP contribution in [-0.4, -0.2) is 86.6 Å². The Balaban J connectivity index is 1.02. The molecular formula is C31H34F3N7O2. The Labute approximate surface area is 247 Å². The maximum Gasteiger partial charge on any atom is 0.416 e. The van der Waals surface area contributed by atoms with Gasteiger partial charge in [0.05, 0.1) is 41.8 Å². The summed E-state index contributed by atoms with van der Waals surface area (Å²) >= 11 is 0.